The maximum Gasteiger partial charge on any atom is 0.200 e. The van der Waals surface area contributed by atoms with Crippen molar-refractivity contribution in [1.29, 1.82) is 0 Å². The Morgan fingerprint density at radius 2 is 1.90 bits per heavy atom. The summed E-state index contributed by atoms with van der Waals surface area (Å²) in [5, 5.41) is 1.60. The first-order chi connectivity index (χ1) is 9.56. The molecule has 0 saturated heterocycles. The van der Waals surface area contributed by atoms with E-state index in [-0.39, 0.29) is 5.78 Å². The molecule has 0 bridgehead atoms. The quantitative estimate of drug-likeness (QED) is 0.765. The van der Waals surface area contributed by atoms with Gasteiger partial charge in [0.2, 0.25) is 0 Å². The fourth-order valence-electron chi connectivity index (χ4n) is 2.13. The van der Waals surface area contributed by atoms with Crippen LogP contribution in [0.25, 0.3) is 0 Å². The molecule has 0 spiro atoms. The third-order valence-corrected chi connectivity index (χ3v) is 4.31. The van der Waals surface area contributed by atoms with Gasteiger partial charge in [0.25, 0.3) is 0 Å². The van der Waals surface area contributed by atoms with E-state index in [4.69, 9.17) is 0 Å². The molecular formula is C15H18N2OS2. The summed E-state index contributed by atoms with van der Waals surface area (Å²) in [6.45, 7) is 6.18. The van der Waals surface area contributed by atoms with E-state index in [0.717, 1.165) is 21.5 Å². The van der Waals surface area contributed by atoms with Crippen LogP contribution in [-0.4, -0.2) is 20.9 Å². The molecule has 20 heavy (non-hydrogen) atoms. The van der Waals surface area contributed by atoms with E-state index >= 15 is 0 Å². The van der Waals surface area contributed by atoms with Crippen LogP contribution in [0.2, 0.25) is 0 Å². The van der Waals surface area contributed by atoms with Crippen molar-refractivity contribution in [2.75, 3.05) is 5.75 Å². The number of carbonyl (C=O) groups excluding carboxylic acids is 1. The number of aryl methyl sites for hydroxylation is 2. The van der Waals surface area contributed by atoms with E-state index < -0.39 is 0 Å². The van der Waals surface area contributed by atoms with Crippen LogP contribution in [0.4, 0.5) is 0 Å². The highest BCUT2D eigenvalue weighted by atomic mass is 32.2. The third-order valence-electron chi connectivity index (χ3n) is 2.75. The second-order valence-corrected chi connectivity index (χ2v) is 6.86. The molecule has 0 atom stereocenters. The Labute approximate surface area is 128 Å². The van der Waals surface area contributed by atoms with Crippen molar-refractivity contribution < 1.29 is 4.79 Å². The third kappa shape index (κ3) is 4.42. The fourth-order valence-corrected chi connectivity index (χ4v) is 3.52. The number of thioether (sulfide) groups is 1. The lowest BCUT2D eigenvalue weighted by molar-refractivity contribution is -0.117. The Balaban J connectivity index is 1.97. The molecule has 0 radical (unpaired) electrons. The number of ketones is 1. The lowest BCUT2D eigenvalue weighted by atomic mass is 10.0. The van der Waals surface area contributed by atoms with E-state index in [1.807, 2.05) is 0 Å². The summed E-state index contributed by atoms with van der Waals surface area (Å²) in [7, 11) is 0. The molecule has 1 heterocycles. The Kier molecular flexibility index (Phi) is 5.31. The van der Waals surface area contributed by atoms with Gasteiger partial charge in [-0.2, -0.15) is 4.37 Å². The van der Waals surface area contributed by atoms with E-state index in [1.165, 1.54) is 22.7 Å². The molecule has 0 fully saturated rings. The van der Waals surface area contributed by atoms with Gasteiger partial charge in [0.1, 0.15) is 10.8 Å². The minimum absolute atomic E-state index is 0.194. The average Bonchev–Trinajstić information content (AvgIpc) is 2.75. The Morgan fingerprint density at radius 1 is 1.20 bits per heavy atom. The van der Waals surface area contributed by atoms with Gasteiger partial charge in [-0.25, -0.2) is 4.98 Å². The fraction of sp³-hybridized carbons (Fsp3) is 0.400. The van der Waals surface area contributed by atoms with Gasteiger partial charge < -0.3 is 0 Å². The number of aromatic nitrogens is 2. The first-order valence-corrected chi connectivity index (χ1v) is 8.37. The molecule has 0 saturated carbocycles. The summed E-state index contributed by atoms with van der Waals surface area (Å²) < 4.78 is 4.24. The largest absolute Gasteiger partial charge is 0.299 e. The zero-order valence-electron chi connectivity index (χ0n) is 12.0. The number of Topliss-reactive ketones (excluding diaryl/α,β-unsaturated/α-hetero) is 1. The van der Waals surface area contributed by atoms with Crippen molar-refractivity contribution in [3.63, 3.8) is 0 Å². The topological polar surface area (TPSA) is 42.9 Å². The normalized spacial score (nSPS) is 10.8. The van der Waals surface area contributed by atoms with Crippen LogP contribution in [0.5, 0.6) is 0 Å². The zero-order chi connectivity index (χ0) is 14.5. The first kappa shape index (κ1) is 15.2. The predicted octanol–water partition coefficient (Wildman–Crippen LogP) is 3.62. The highest BCUT2D eigenvalue weighted by Gasteiger charge is 2.10. The van der Waals surface area contributed by atoms with Crippen molar-refractivity contribution >= 4 is 29.1 Å². The molecule has 2 aromatic rings. The second-order valence-electron chi connectivity index (χ2n) is 4.79. The number of benzene rings is 1. The molecule has 106 valence electrons. The van der Waals surface area contributed by atoms with Gasteiger partial charge in [0.05, 0.1) is 6.42 Å². The lowest BCUT2D eigenvalue weighted by Gasteiger charge is -2.03. The molecular weight excluding hydrogens is 288 g/mol. The molecule has 1 aromatic carbocycles. The monoisotopic (exact) mass is 306 g/mol. The molecule has 0 N–H and O–H groups in total. The molecule has 0 unspecified atom stereocenters. The number of hydrogen-bond acceptors (Lipinski definition) is 5. The molecule has 0 aliphatic carbocycles. The molecule has 5 heteroatoms. The van der Waals surface area contributed by atoms with E-state index in [0.29, 0.717) is 12.8 Å². The van der Waals surface area contributed by atoms with Crippen LogP contribution in [0.15, 0.2) is 23.4 Å². The number of carbonyl (C=O) groups is 1. The highest BCUT2D eigenvalue weighted by Crippen LogP contribution is 2.17. The smallest absolute Gasteiger partial charge is 0.200 e. The van der Waals surface area contributed by atoms with E-state index in [2.05, 4.69) is 48.3 Å². The van der Waals surface area contributed by atoms with Gasteiger partial charge in [-0.3, -0.25) is 4.79 Å². The standard InChI is InChI=1S/C15H18N2OS2/c1-4-19-15-16-14(20-17-15)9-13(18)8-12-6-10(2)5-11(3)7-12/h5-7H,4,8-9H2,1-3H3. The van der Waals surface area contributed by atoms with Crippen molar-refractivity contribution in [1.82, 2.24) is 9.36 Å². The van der Waals surface area contributed by atoms with Crippen LogP contribution >= 0.6 is 23.3 Å². The SMILES string of the molecule is CCSc1nsc(CC(=O)Cc2cc(C)cc(C)c2)n1. The summed E-state index contributed by atoms with van der Waals surface area (Å²) in [5.41, 5.74) is 3.48. The Morgan fingerprint density at radius 3 is 2.55 bits per heavy atom. The summed E-state index contributed by atoms with van der Waals surface area (Å²) in [4.78, 5) is 16.5. The molecule has 0 aliphatic rings. The summed E-state index contributed by atoms with van der Waals surface area (Å²) in [6.07, 6.45) is 0.854. The number of hydrogen-bond donors (Lipinski definition) is 0. The van der Waals surface area contributed by atoms with Crippen LogP contribution in [0, 0.1) is 13.8 Å². The number of rotatable bonds is 6. The molecule has 1 aromatic heterocycles. The maximum absolute atomic E-state index is 12.1. The van der Waals surface area contributed by atoms with E-state index in [1.54, 1.807) is 11.8 Å². The summed E-state index contributed by atoms with van der Waals surface area (Å²) in [6, 6.07) is 6.26. The minimum Gasteiger partial charge on any atom is -0.299 e. The predicted molar refractivity (Wildman–Crippen MR) is 84.6 cm³/mol. The van der Waals surface area contributed by atoms with Crippen molar-refractivity contribution in [3.8, 4) is 0 Å². The molecule has 0 aliphatic heterocycles. The van der Waals surface area contributed by atoms with Gasteiger partial charge in [-0.15, -0.1) is 0 Å². The van der Waals surface area contributed by atoms with Crippen molar-refractivity contribution in [2.24, 2.45) is 0 Å². The van der Waals surface area contributed by atoms with Gasteiger partial charge >= 0.3 is 0 Å². The second kappa shape index (κ2) is 6.99. The van der Waals surface area contributed by atoms with Gasteiger partial charge in [0, 0.05) is 6.42 Å². The van der Waals surface area contributed by atoms with Crippen LogP contribution in [-0.2, 0) is 17.6 Å². The van der Waals surface area contributed by atoms with Crippen LogP contribution in [0.3, 0.4) is 0 Å². The molecule has 2 rings (SSSR count). The van der Waals surface area contributed by atoms with Crippen molar-refractivity contribution in [3.05, 3.63) is 39.9 Å². The van der Waals surface area contributed by atoms with Gasteiger partial charge in [-0.1, -0.05) is 48.0 Å². The summed E-state index contributed by atoms with van der Waals surface area (Å²) in [5.74, 6) is 1.14. The van der Waals surface area contributed by atoms with Gasteiger partial charge in [0.15, 0.2) is 5.16 Å². The van der Waals surface area contributed by atoms with Crippen LogP contribution in [0.1, 0.15) is 28.6 Å². The first-order valence-electron chi connectivity index (χ1n) is 6.61. The zero-order valence-corrected chi connectivity index (χ0v) is 13.6. The number of nitrogens with zero attached hydrogens (tertiary/aromatic N) is 2. The maximum atomic E-state index is 12.1. The van der Waals surface area contributed by atoms with Gasteiger partial charge in [-0.05, 0) is 36.7 Å². The van der Waals surface area contributed by atoms with Crippen LogP contribution < -0.4 is 0 Å². The summed E-state index contributed by atoms with van der Waals surface area (Å²) >= 11 is 2.94. The molecule has 0 amide bonds. The van der Waals surface area contributed by atoms with E-state index in [9.17, 15) is 4.79 Å². The van der Waals surface area contributed by atoms with Crippen molar-refractivity contribution in [2.45, 2.75) is 38.8 Å². The molecule has 3 nitrogen and oxygen atoms in total. The Bertz CT molecular complexity index is 587. The lowest BCUT2D eigenvalue weighted by Crippen LogP contribution is -2.06. The Hall–Kier alpha value is -1.20. The minimum atomic E-state index is 0.194. The highest BCUT2D eigenvalue weighted by molar-refractivity contribution is 7.99. The average molecular weight is 306 g/mol.